The summed E-state index contributed by atoms with van der Waals surface area (Å²) in [5, 5.41) is 12.3. The standard InChI is InChI=1S/C24H27N3O2/c1-16-14-24(2,3)27(4)22-11-6-17(13-21(16)22)12-18(15-25)23(28)26-19-7-9-20(29-5)10-8-19/h6-13,16H,14H2,1-5H3,(H,26,28)/b18-12+. The summed E-state index contributed by atoms with van der Waals surface area (Å²) in [6, 6.07) is 15.1. The van der Waals surface area contributed by atoms with Crippen molar-refractivity contribution in [1.82, 2.24) is 0 Å². The van der Waals surface area contributed by atoms with Gasteiger partial charge in [0.1, 0.15) is 17.4 Å². The summed E-state index contributed by atoms with van der Waals surface area (Å²) in [5.74, 6) is 0.681. The first-order valence-corrected chi connectivity index (χ1v) is 9.70. The zero-order chi connectivity index (χ0) is 21.2. The highest BCUT2D eigenvalue weighted by Gasteiger charge is 2.33. The van der Waals surface area contributed by atoms with Gasteiger partial charge in [-0.05, 0) is 79.8 Å². The molecule has 5 nitrogen and oxygen atoms in total. The van der Waals surface area contributed by atoms with Gasteiger partial charge >= 0.3 is 0 Å². The van der Waals surface area contributed by atoms with Crippen LogP contribution in [0.2, 0.25) is 0 Å². The average Bonchev–Trinajstić information content (AvgIpc) is 2.70. The van der Waals surface area contributed by atoms with E-state index >= 15 is 0 Å². The second-order valence-electron chi connectivity index (χ2n) is 8.15. The molecule has 0 saturated carbocycles. The summed E-state index contributed by atoms with van der Waals surface area (Å²) in [4.78, 5) is 14.9. The molecule has 1 aliphatic heterocycles. The SMILES string of the molecule is COc1ccc(NC(=O)/C(C#N)=C/c2ccc3c(c2)C(C)CC(C)(C)N3C)cc1. The van der Waals surface area contributed by atoms with Crippen LogP contribution in [0, 0.1) is 11.3 Å². The van der Waals surface area contributed by atoms with Crippen LogP contribution in [0.25, 0.3) is 6.08 Å². The van der Waals surface area contributed by atoms with Crippen LogP contribution in [-0.2, 0) is 4.79 Å². The number of nitriles is 1. The molecule has 1 heterocycles. The fourth-order valence-corrected chi connectivity index (χ4v) is 3.87. The van der Waals surface area contributed by atoms with Crippen molar-refractivity contribution >= 4 is 23.4 Å². The maximum Gasteiger partial charge on any atom is 0.266 e. The van der Waals surface area contributed by atoms with Gasteiger partial charge < -0.3 is 15.0 Å². The van der Waals surface area contributed by atoms with E-state index in [1.807, 2.05) is 12.1 Å². The van der Waals surface area contributed by atoms with E-state index in [0.29, 0.717) is 17.4 Å². The number of nitrogens with one attached hydrogen (secondary N) is 1. The molecule has 1 aliphatic rings. The van der Waals surface area contributed by atoms with Crippen molar-refractivity contribution in [3.8, 4) is 11.8 Å². The highest BCUT2D eigenvalue weighted by molar-refractivity contribution is 6.09. The molecule has 0 radical (unpaired) electrons. The number of amides is 1. The third kappa shape index (κ3) is 4.27. The van der Waals surface area contributed by atoms with E-state index in [1.165, 1.54) is 11.3 Å². The molecule has 5 heteroatoms. The van der Waals surface area contributed by atoms with Crippen LogP contribution in [0.1, 0.15) is 44.2 Å². The van der Waals surface area contributed by atoms with Crippen molar-refractivity contribution in [2.45, 2.75) is 38.6 Å². The van der Waals surface area contributed by atoms with E-state index in [2.05, 4.69) is 50.2 Å². The Bertz CT molecular complexity index is 984. The number of anilines is 2. The molecule has 0 fully saturated rings. The zero-order valence-electron chi connectivity index (χ0n) is 17.6. The largest absolute Gasteiger partial charge is 0.497 e. The smallest absolute Gasteiger partial charge is 0.266 e. The Labute approximate surface area is 172 Å². The van der Waals surface area contributed by atoms with Gasteiger partial charge in [0.05, 0.1) is 7.11 Å². The van der Waals surface area contributed by atoms with E-state index < -0.39 is 5.91 Å². The number of hydrogen-bond acceptors (Lipinski definition) is 4. The molecule has 1 amide bonds. The quantitative estimate of drug-likeness (QED) is 0.593. The Balaban J connectivity index is 1.85. The van der Waals surface area contributed by atoms with Crippen LogP contribution in [0.15, 0.2) is 48.0 Å². The zero-order valence-corrected chi connectivity index (χ0v) is 17.6. The molecule has 0 aromatic heterocycles. The summed E-state index contributed by atoms with van der Waals surface area (Å²) in [7, 11) is 3.70. The molecule has 1 N–H and O–H groups in total. The van der Waals surface area contributed by atoms with Gasteiger partial charge in [0.15, 0.2) is 0 Å². The van der Waals surface area contributed by atoms with Crippen molar-refractivity contribution in [2.24, 2.45) is 0 Å². The lowest BCUT2D eigenvalue weighted by molar-refractivity contribution is -0.112. The normalized spacial score (nSPS) is 17.9. The van der Waals surface area contributed by atoms with E-state index in [1.54, 1.807) is 37.5 Å². The molecule has 1 unspecified atom stereocenters. The first-order valence-electron chi connectivity index (χ1n) is 9.70. The second kappa shape index (κ2) is 8.00. The lowest BCUT2D eigenvalue weighted by Gasteiger charge is -2.45. The van der Waals surface area contributed by atoms with Gasteiger partial charge in [0, 0.05) is 24.0 Å². The van der Waals surface area contributed by atoms with Crippen LogP contribution >= 0.6 is 0 Å². The Morgan fingerprint density at radius 2 is 1.97 bits per heavy atom. The number of benzene rings is 2. The minimum Gasteiger partial charge on any atom is -0.497 e. The maximum absolute atomic E-state index is 12.6. The van der Waals surface area contributed by atoms with Crippen molar-refractivity contribution in [1.29, 1.82) is 5.26 Å². The highest BCUT2D eigenvalue weighted by Crippen LogP contribution is 2.42. The van der Waals surface area contributed by atoms with E-state index in [9.17, 15) is 10.1 Å². The van der Waals surface area contributed by atoms with Gasteiger partial charge in [-0.25, -0.2) is 0 Å². The van der Waals surface area contributed by atoms with Gasteiger partial charge in [-0.15, -0.1) is 0 Å². The van der Waals surface area contributed by atoms with E-state index in [-0.39, 0.29) is 11.1 Å². The number of methoxy groups -OCH3 is 1. The monoisotopic (exact) mass is 389 g/mol. The Morgan fingerprint density at radius 3 is 2.59 bits per heavy atom. The molecule has 2 aromatic carbocycles. The molecule has 150 valence electrons. The number of hydrogen-bond donors (Lipinski definition) is 1. The summed E-state index contributed by atoms with van der Waals surface area (Å²) in [5.41, 5.74) is 4.07. The number of carbonyl (C=O) groups excluding carboxylic acids is 1. The molecule has 0 spiro atoms. The number of rotatable bonds is 4. The molecular formula is C24H27N3O2. The number of nitrogens with zero attached hydrogens (tertiary/aromatic N) is 2. The Hall–Kier alpha value is -3.26. The minimum atomic E-state index is -0.429. The first-order chi connectivity index (χ1) is 13.7. The van der Waals surface area contributed by atoms with Gasteiger partial charge in [-0.1, -0.05) is 13.0 Å². The molecule has 0 bridgehead atoms. The highest BCUT2D eigenvalue weighted by atomic mass is 16.5. The summed E-state index contributed by atoms with van der Waals surface area (Å²) < 4.78 is 5.12. The number of ether oxygens (including phenoxy) is 1. The van der Waals surface area contributed by atoms with Crippen LogP contribution in [0.5, 0.6) is 5.75 Å². The molecule has 1 atom stereocenters. The maximum atomic E-state index is 12.6. The van der Waals surface area contributed by atoms with Crippen LogP contribution < -0.4 is 15.0 Å². The topological polar surface area (TPSA) is 65.4 Å². The molecule has 0 saturated heterocycles. The van der Waals surface area contributed by atoms with Crippen LogP contribution in [0.3, 0.4) is 0 Å². The van der Waals surface area contributed by atoms with Crippen molar-refractivity contribution in [3.63, 3.8) is 0 Å². The lowest BCUT2D eigenvalue weighted by Crippen LogP contribution is -2.45. The Morgan fingerprint density at radius 1 is 1.28 bits per heavy atom. The van der Waals surface area contributed by atoms with Gasteiger partial charge in [0.2, 0.25) is 0 Å². The predicted molar refractivity (Wildman–Crippen MR) is 117 cm³/mol. The van der Waals surface area contributed by atoms with Gasteiger partial charge in [0.25, 0.3) is 5.91 Å². The van der Waals surface area contributed by atoms with Crippen molar-refractivity contribution in [3.05, 3.63) is 59.2 Å². The van der Waals surface area contributed by atoms with Crippen molar-refractivity contribution < 1.29 is 9.53 Å². The summed E-state index contributed by atoms with van der Waals surface area (Å²) in [6.45, 7) is 6.72. The van der Waals surface area contributed by atoms with Gasteiger partial charge in [-0.3, -0.25) is 4.79 Å². The van der Waals surface area contributed by atoms with Crippen molar-refractivity contribution in [2.75, 3.05) is 24.4 Å². The first kappa shape index (κ1) is 20.5. The number of carbonyl (C=O) groups is 1. The molecule has 29 heavy (non-hydrogen) atoms. The predicted octanol–water partition coefficient (Wildman–Crippen LogP) is 4.96. The van der Waals surface area contributed by atoms with E-state index in [0.717, 1.165) is 12.0 Å². The Kier molecular flexibility index (Phi) is 5.65. The third-order valence-electron chi connectivity index (χ3n) is 5.68. The summed E-state index contributed by atoms with van der Waals surface area (Å²) in [6.07, 6.45) is 2.69. The third-order valence-corrected chi connectivity index (χ3v) is 5.68. The van der Waals surface area contributed by atoms with Crippen LogP contribution in [-0.4, -0.2) is 25.6 Å². The lowest BCUT2D eigenvalue weighted by atomic mass is 9.80. The minimum absolute atomic E-state index is 0.0675. The molecule has 2 aromatic rings. The fraction of sp³-hybridized carbons (Fsp3) is 0.333. The second-order valence-corrected chi connectivity index (χ2v) is 8.15. The molecular weight excluding hydrogens is 362 g/mol. The van der Waals surface area contributed by atoms with Crippen LogP contribution in [0.4, 0.5) is 11.4 Å². The van der Waals surface area contributed by atoms with Gasteiger partial charge in [-0.2, -0.15) is 5.26 Å². The van der Waals surface area contributed by atoms with E-state index in [4.69, 9.17) is 4.74 Å². The fourth-order valence-electron chi connectivity index (χ4n) is 3.87. The molecule has 3 rings (SSSR count). The molecule has 0 aliphatic carbocycles. The average molecular weight is 389 g/mol. The number of fused-ring (bicyclic) bond motifs is 1. The summed E-state index contributed by atoms with van der Waals surface area (Å²) >= 11 is 0.